The average molecular weight is 287 g/mol. The predicted octanol–water partition coefficient (Wildman–Crippen LogP) is 3.99. The predicted molar refractivity (Wildman–Crippen MR) is 80.7 cm³/mol. The summed E-state index contributed by atoms with van der Waals surface area (Å²) in [5.74, 6) is 0.900. The number of benzene rings is 1. The standard InChI is InChI=1S/C13H19ClN2OS/c1-13(2,3)18-9-8-15-12(17)16-11-6-4-10(14)5-7-11/h4-7H,8-9H2,1-3H3,(H2,15,16,17). The minimum Gasteiger partial charge on any atom is -0.337 e. The first-order chi connectivity index (χ1) is 8.37. The number of anilines is 1. The summed E-state index contributed by atoms with van der Waals surface area (Å²) in [6.45, 7) is 7.13. The van der Waals surface area contributed by atoms with Crippen LogP contribution in [0.1, 0.15) is 20.8 Å². The van der Waals surface area contributed by atoms with Crippen molar-refractivity contribution in [1.82, 2.24) is 5.32 Å². The maximum absolute atomic E-state index is 11.6. The van der Waals surface area contributed by atoms with Crippen LogP contribution in [0.4, 0.5) is 10.5 Å². The molecule has 1 rings (SSSR count). The zero-order chi connectivity index (χ0) is 13.6. The Kier molecular flexibility index (Phi) is 5.82. The molecular weight excluding hydrogens is 268 g/mol. The first-order valence-corrected chi connectivity index (χ1v) is 7.17. The molecule has 0 spiro atoms. The summed E-state index contributed by atoms with van der Waals surface area (Å²) >= 11 is 7.59. The molecule has 0 aliphatic heterocycles. The average Bonchev–Trinajstić information content (AvgIpc) is 2.26. The lowest BCUT2D eigenvalue weighted by molar-refractivity contribution is 0.252. The van der Waals surface area contributed by atoms with Gasteiger partial charge in [-0.15, -0.1) is 0 Å². The van der Waals surface area contributed by atoms with Crippen molar-refractivity contribution in [2.24, 2.45) is 0 Å². The summed E-state index contributed by atoms with van der Waals surface area (Å²) in [7, 11) is 0. The Labute approximate surface area is 118 Å². The second kappa shape index (κ2) is 6.90. The number of carbonyl (C=O) groups excluding carboxylic acids is 1. The van der Waals surface area contributed by atoms with Gasteiger partial charge in [-0.25, -0.2) is 4.79 Å². The van der Waals surface area contributed by atoms with Crippen LogP contribution < -0.4 is 10.6 Å². The maximum atomic E-state index is 11.6. The summed E-state index contributed by atoms with van der Waals surface area (Å²) < 4.78 is 0.230. The van der Waals surface area contributed by atoms with Crippen LogP contribution in [-0.4, -0.2) is 23.1 Å². The maximum Gasteiger partial charge on any atom is 0.319 e. The molecular formula is C13H19ClN2OS. The molecule has 0 fully saturated rings. The highest BCUT2D eigenvalue weighted by Crippen LogP contribution is 2.22. The summed E-state index contributed by atoms with van der Waals surface area (Å²) in [6.07, 6.45) is 0. The van der Waals surface area contributed by atoms with E-state index in [0.717, 1.165) is 11.4 Å². The Morgan fingerprint density at radius 2 is 1.89 bits per heavy atom. The molecule has 1 aromatic carbocycles. The third-order valence-electron chi connectivity index (χ3n) is 2.02. The van der Waals surface area contributed by atoms with E-state index in [1.54, 1.807) is 24.3 Å². The molecule has 0 aromatic heterocycles. The van der Waals surface area contributed by atoms with Crippen molar-refractivity contribution in [2.45, 2.75) is 25.5 Å². The minimum atomic E-state index is -0.188. The molecule has 2 N–H and O–H groups in total. The first kappa shape index (κ1) is 15.2. The van der Waals surface area contributed by atoms with Gasteiger partial charge in [0, 0.05) is 27.8 Å². The molecule has 100 valence electrons. The summed E-state index contributed by atoms with van der Waals surface area (Å²) in [5, 5.41) is 6.22. The molecule has 0 saturated heterocycles. The van der Waals surface area contributed by atoms with Crippen molar-refractivity contribution < 1.29 is 4.79 Å². The number of hydrogen-bond donors (Lipinski definition) is 2. The summed E-state index contributed by atoms with van der Waals surface area (Å²) in [6, 6.07) is 6.84. The van der Waals surface area contributed by atoms with Crippen molar-refractivity contribution in [3.8, 4) is 0 Å². The van der Waals surface area contributed by atoms with E-state index < -0.39 is 0 Å². The topological polar surface area (TPSA) is 41.1 Å². The Hall–Kier alpha value is -0.870. The largest absolute Gasteiger partial charge is 0.337 e. The second-order valence-electron chi connectivity index (χ2n) is 4.85. The quantitative estimate of drug-likeness (QED) is 0.822. The van der Waals surface area contributed by atoms with Gasteiger partial charge < -0.3 is 10.6 Å². The van der Waals surface area contributed by atoms with Crippen molar-refractivity contribution in [3.05, 3.63) is 29.3 Å². The van der Waals surface area contributed by atoms with Crippen LogP contribution in [-0.2, 0) is 0 Å². The van der Waals surface area contributed by atoms with Crippen LogP contribution in [0.2, 0.25) is 5.02 Å². The Balaban J connectivity index is 2.24. The van der Waals surface area contributed by atoms with Gasteiger partial charge in [-0.05, 0) is 24.3 Å². The van der Waals surface area contributed by atoms with Gasteiger partial charge in [0.1, 0.15) is 0 Å². The van der Waals surface area contributed by atoms with E-state index in [1.807, 2.05) is 11.8 Å². The van der Waals surface area contributed by atoms with E-state index in [9.17, 15) is 4.79 Å². The SMILES string of the molecule is CC(C)(C)SCCNC(=O)Nc1ccc(Cl)cc1. The van der Waals surface area contributed by atoms with Gasteiger partial charge in [0.15, 0.2) is 0 Å². The third-order valence-corrected chi connectivity index (χ3v) is 3.55. The zero-order valence-electron chi connectivity index (χ0n) is 10.9. The van der Waals surface area contributed by atoms with E-state index in [1.165, 1.54) is 0 Å². The molecule has 0 aliphatic carbocycles. The van der Waals surface area contributed by atoms with E-state index in [0.29, 0.717) is 11.6 Å². The molecule has 0 atom stereocenters. The monoisotopic (exact) mass is 286 g/mol. The number of urea groups is 1. The van der Waals surface area contributed by atoms with Crippen LogP contribution in [0.3, 0.4) is 0 Å². The van der Waals surface area contributed by atoms with Gasteiger partial charge in [0.2, 0.25) is 0 Å². The van der Waals surface area contributed by atoms with E-state index in [-0.39, 0.29) is 10.8 Å². The molecule has 0 radical (unpaired) electrons. The molecule has 1 aromatic rings. The first-order valence-electron chi connectivity index (χ1n) is 5.81. The van der Waals surface area contributed by atoms with Crippen molar-refractivity contribution in [2.75, 3.05) is 17.6 Å². The van der Waals surface area contributed by atoms with Crippen LogP contribution >= 0.6 is 23.4 Å². The molecule has 3 nitrogen and oxygen atoms in total. The van der Waals surface area contributed by atoms with E-state index in [4.69, 9.17) is 11.6 Å². The molecule has 0 unspecified atom stereocenters. The highest BCUT2D eigenvalue weighted by molar-refractivity contribution is 8.00. The fourth-order valence-corrected chi connectivity index (χ4v) is 2.17. The van der Waals surface area contributed by atoms with Gasteiger partial charge in [-0.1, -0.05) is 32.4 Å². The summed E-state index contributed by atoms with van der Waals surface area (Å²) in [5.41, 5.74) is 0.736. The number of thioether (sulfide) groups is 1. The lowest BCUT2D eigenvalue weighted by Crippen LogP contribution is -2.31. The molecule has 0 saturated carbocycles. The normalized spacial score (nSPS) is 11.1. The fraction of sp³-hybridized carbons (Fsp3) is 0.462. The number of amides is 2. The minimum absolute atomic E-state index is 0.188. The van der Waals surface area contributed by atoms with E-state index in [2.05, 4.69) is 31.4 Å². The molecule has 18 heavy (non-hydrogen) atoms. The molecule has 0 bridgehead atoms. The number of nitrogens with one attached hydrogen (secondary N) is 2. The lowest BCUT2D eigenvalue weighted by atomic mass is 10.3. The fourth-order valence-electron chi connectivity index (χ4n) is 1.23. The van der Waals surface area contributed by atoms with Crippen LogP contribution in [0, 0.1) is 0 Å². The molecule has 2 amide bonds. The number of carbonyl (C=O) groups is 1. The highest BCUT2D eigenvalue weighted by Gasteiger charge is 2.09. The second-order valence-corrected chi connectivity index (χ2v) is 7.21. The van der Waals surface area contributed by atoms with E-state index >= 15 is 0 Å². The Bertz CT molecular complexity index is 387. The van der Waals surface area contributed by atoms with Crippen molar-refractivity contribution in [1.29, 1.82) is 0 Å². The zero-order valence-corrected chi connectivity index (χ0v) is 12.5. The van der Waals surface area contributed by atoms with Gasteiger partial charge in [-0.3, -0.25) is 0 Å². The van der Waals surface area contributed by atoms with Crippen LogP contribution in [0.5, 0.6) is 0 Å². The molecule has 5 heteroatoms. The number of rotatable bonds is 4. The highest BCUT2D eigenvalue weighted by atomic mass is 35.5. The Morgan fingerprint density at radius 1 is 1.28 bits per heavy atom. The third kappa shape index (κ3) is 6.77. The number of halogens is 1. The van der Waals surface area contributed by atoms with Gasteiger partial charge in [-0.2, -0.15) is 11.8 Å². The van der Waals surface area contributed by atoms with Gasteiger partial charge >= 0.3 is 6.03 Å². The summed E-state index contributed by atoms with van der Waals surface area (Å²) in [4.78, 5) is 11.6. The van der Waals surface area contributed by atoms with Gasteiger partial charge in [0.05, 0.1) is 0 Å². The van der Waals surface area contributed by atoms with Crippen molar-refractivity contribution in [3.63, 3.8) is 0 Å². The lowest BCUT2D eigenvalue weighted by Gasteiger charge is -2.17. The van der Waals surface area contributed by atoms with Crippen molar-refractivity contribution >= 4 is 35.1 Å². The Morgan fingerprint density at radius 3 is 2.44 bits per heavy atom. The number of hydrogen-bond acceptors (Lipinski definition) is 2. The van der Waals surface area contributed by atoms with Crippen LogP contribution in [0.15, 0.2) is 24.3 Å². The molecule has 0 aliphatic rings. The molecule has 0 heterocycles. The van der Waals surface area contributed by atoms with Crippen LogP contribution in [0.25, 0.3) is 0 Å². The smallest absolute Gasteiger partial charge is 0.319 e. The van der Waals surface area contributed by atoms with Gasteiger partial charge in [0.25, 0.3) is 0 Å².